The molecule has 0 bridgehead atoms. The van der Waals surface area contributed by atoms with Gasteiger partial charge >= 0.3 is 0 Å². The zero-order chi connectivity index (χ0) is 14.4. The van der Waals surface area contributed by atoms with Gasteiger partial charge in [0.25, 0.3) is 0 Å². The van der Waals surface area contributed by atoms with Crippen LogP contribution in [0.4, 0.5) is 5.82 Å². The third-order valence-corrected chi connectivity index (χ3v) is 2.84. The molecule has 0 aliphatic heterocycles. The van der Waals surface area contributed by atoms with Gasteiger partial charge in [0.15, 0.2) is 11.5 Å². The van der Waals surface area contributed by atoms with Crippen LogP contribution in [0.15, 0.2) is 36.4 Å². The Bertz CT molecular complexity index is 570. The Kier molecular flexibility index (Phi) is 4.82. The molecular formula is C16H20N2O2. The lowest BCUT2D eigenvalue weighted by Gasteiger charge is -2.12. The molecule has 0 spiro atoms. The maximum Gasteiger partial charge on any atom is 0.161 e. The van der Waals surface area contributed by atoms with E-state index in [2.05, 4.69) is 10.3 Å². The normalized spacial score (nSPS) is 10.2. The van der Waals surface area contributed by atoms with Gasteiger partial charge in [0.05, 0.1) is 18.9 Å². The van der Waals surface area contributed by atoms with E-state index in [9.17, 15) is 0 Å². The molecule has 1 N–H and O–H groups in total. The van der Waals surface area contributed by atoms with Gasteiger partial charge in [0.1, 0.15) is 5.82 Å². The standard InChI is InChI=1S/C16H20N2O2/c1-4-19-14-10-9-12(11-15(14)20-5-2)13-7-6-8-16(17-3)18-13/h6-11H,4-5H2,1-3H3,(H,17,18). The quantitative estimate of drug-likeness (QED) is 0.872. The maximum absolute atomic E-state index is 5.64. The average molecular weight is 272 g/mol. The predicted molar refractivity (Wildman–Crippen MR) is 81.6 cm³/mol. The zero-order valence-corrected chi connectivity index (χ0v) is 12.1. The number of aromatic nitrogens is 1. The second kappa shape index (κ2) is 6.80. The van der Waals surface area contributed by atoms with Gasteiger partial charge in [-0.25, -0.2) is 4.98 Å². The molecule has 0 aliphatic carbocycles. The molecule has 0 saturated heterocycles. The summed E-state index contributed by atoms with van der Waals surface area (Å²) in [6.45, 7) is 5.14. The SMILES string of the molecule is CCOc1ccc(-c2cccc(NC)n2)cc1OCC. The number of anilines is 1. The van der Waals surface area contributed by atoms with Crippen LogP contribution in [0.1, 0.15) is 13.8 Å². The van der Waals surface area contributed by atoms with Crippen LogP contribution in [0.25, 0.3) is 11.3 Å². The van der Waals surface area contributed by atoms with Crippen molar-refractivity contribution in [3.05, 3.63) is 36.4 Å². The van der Waals surface area contributed by atoms with Crippen LogP contribution < -0.4 is 14.8 Å². The van der Waals surface area contributed by atoms with Gasteiger partial charge in [-0.2, -0.15) is 0 Å². The number of nitrogens with zero attached hydrogens (tertiary/aromatic N) is 1. The topological polar surface area (TPSA) is 43.4 Å². The van der Waals surface area contributed by atoms with Crippen molar-refractivity contribution in [3.63, 3.8) is 0 Å². The van der Waals surface area contributed by atoms with E-state index >= 15 is 0 Å². The summed E-state index contributed by atoms with van der Waals surface area (Å²) in [7, 11) is 1.86. The van der Waals surface area contributed by atoms with Crippen LogP contribution in [0.3, 0.4) is 0 Å². The molecule has 0 radical (unpaired) electrons. The first-order valence-electron chi connectivity index (χ1n) is 6.83. The fraction of sp³-hybridized carbons (Fsp3) is 0.312. The minimum Gasteiger partial charge on any atom is -0.490 e. The highest BCUT2D eigenvalue weighted by Gasteiger charge is 2.08. The molecule has 0 saturated carbocycles. The summed E-state index contributed by atoms with van der Waals surface area (Å²) in [6, 6.07) is 11.8. The van der Waals surface area contributed by atoms with Gasteiger partial charge in [-0.15, -0.1) is 0 Å². The molecule has 106 valence electrons. The number of pyridine rings is 1. The van der Waals surface area contributed by atoms with E-state index in [0.717, 1.165) is 28.6 Å². The smallest absolute Gasteiger partial charge is 0.161 e. The van der Waals surface area contributed by atoms with E-state index in [1.807, 2.05) is 57.3 Å². The average Bonchev–Trinajstić information content (AvgIpc) is 2.49. The molecule has 0 amide bonds. The summed E-state index contributed by atoms with van der Waals surface area (Å²) < 4.78 is 11.2. The van der Waals surface area contributed by atoms with Crippen molar-refractivity contribution in [1.82, 2.24) is 4.98 Å². The van der Waals surface area contributed by atoms with Gasteiger partial charge < -0.3 is 14.8 Å². The van der Waals surface area contributed by atoms with Crippen LogP contribution in [0, 0.1) is 0 Å². The Morgan fingerprint density at radius 2 is 1.75 bits per heavy atom. The maximum atomic E-state index is 5.64. The number of ether oxygens (including phenoxy) is 2. The first-order chi connectivity index (χ1) is 9.78. The summed E-state index contributed by atoms with van der Waals surface area (Å²) in [6.07, 6.45) is 0. The van der Waals surface area contributed by atoms with Gasteiger partial charge in [-0.3, -0.25) is 0 Å². The fourth-order valence-corrected chi connectivity index (χ4v) is 1.95. The Labute approximate surface area is 119 Å². The van der Waals surface area contributed by atoms with E-state index in [4.69, 9.17) is 9.47 Å². The summed E-state index contributed by atoms with van der Waals surface area (Å²) in [5.74, 6) is 2.36. The largest absolute Gasteiger partial charge is 0.490 e. The molecule has 2 aromatic rings. The van der Waals surface area contributed by atoms with E-state index in [1.165, 1.54) is 0 Å². The van der Waals surface area contributed by atoms with E-state index in [1.54, 1.807) is 0 Å². The third kappa shape index (κ3) is 3.20. The number of nitrogens with one attached hydrogen (secondary N) is 1. The lowest BCUT2D eigenvalue weighted by molar-refractivity contribution is 0.288. The van der Waals surface area contributed by atoms with Crippen molar-refractivity contribution in [2.24, 2.45) is 0 Å². The van der Waals surface area contributed by atoms with Gasteiger partial charge in [-0.1, -0.05) is 6.07 Å². The Balaban J connectivity index is 2.38. The second-order valence-corrected chi connectivity index (χ2v) is 4.19. The minimum atomic E-state index is 0.605. The monoisotopic (exact) mass is 272 g/mol. The van der Waals surface area contributed by atoms with Crippen LogP contribution >= 0.6 is 0 Å². The lowest BCUT2D eigenvalue weighted by Crippen LogP contribution is -1.99. The van der Waals surface area contributed by atoms with Crippen molar-refractivity contribution >= 4 is 5.82 Å². The molecule has 4 heteroatoms. The van der Waals surface area contributed by atoms with Crippen molar-refractivity contribution in [1.29, 1.82) is 0 Å². The molecule has 1 heterocycles. The van der Waals surface area contributed by atoms with Crippen LogP contribution in [0.5, 0.6) is 11.5 Å². The molecule has 20 heavy (non-hydrogen) atoms. The molecule has 2 rings (SSSR count). The number of rotatable bonds is 6. The predicted octanol–water partition coefficient (Wildman–Crippen LogP) is 3.59. The van der Waals surface area contributed by atoms with Crippen molar-refractivity contribution < 1.29 is 9.47 Å². The van der Waals surface area contributed by atoms with Gasteiger partial charge in [0, 0.05) is 12.6 Å². The molecule has 1 aromatic carbocycles. The molecule has 0 atom stereocenters. The van der Waals surface area contributed by atoms with Crippen LogP contribution in [0.2, 0.25) is 0 Å². The Morgan fingerprint density at radius 3 is 2.45 bits per heavy atom. The van der Waals surface area contributed by atoms with Crippen molar-refractivity contribution in [2.75, 3.05) is 25.6 Å². The third-order valence-electron chi connectivity index (χ3n) is 2.84. The highest BCUT2D eigenvalue weighted by atomic mass is 16.5. The highest BCUT2D eigenvalue weighted by Crippen LogP contribution is 2.32. The van der Waals surface area contributed by atoms with E-state index in [-0.39, 0.29) is 0 Å². The highest BCUT2D eigenvalue weighted by molar-refractivity contribution is 5.65. The molecular weight excluding hydrogens is 252 g/mol. The molecule has 0 fully saturated rings. The summed E-state index contributed by atoms with van der Waals surface area (Å²) in [5, 5.41) is 3.04. The number of hydrogen-bond acceptors (Lipinski definition) is 4. The number of benzene rings is 1. The van der Waals surface area contributed by atoms with Crippen molar-refractivity contribution in [3.8, 4) is 22.8 Å². The first kappa shape index (κ1) is 14.2. The van der Waals surface area contributed by atoms with Gasteiger partial charge in [0.2, 0.25) is 0 Å². The fourth-order valence-electron chi connectivity index (χ4n) is 1.95. The minimum absolute atomic E-state index is 0.605. The van der Waals surface area contributed by atoms with E-state index < -0.39 is 0 Å². The molecule has 0 unspecified atom stereocenters. The lowest BCUT2D eigenvalue weighted by atomic mass is 10.1. The summed E-state index contributed by atoms with van der Waals surface area (Å²) >= 11 is 0. The first-order valence-corrected chi connectivity index (χ1v) is 6.83. The zero-order valence-electron chi connectivity index (χ0n) is 12.1. The van der Waals surface area contributed by atoms with Gasteiger partial charge in [-0.05, 0) is 44.2 Å². The molecule has 0 aliphatic rings. The number of hydrogen-bond donors (Lipinski definition) is 1. The Hall–Kier alpha value is -2.23. The van der Waals surface area contributed by atoms with E-state index in [0.29, 0.717) is 13.2 Å². The summed E-state index contributed by atoms with van der Waals surface area (Å²) in [5.41, 5.74) is 1.91. The Morgan fingerprint density at radius 1 is 1.00 bits per heavy atom. The molecule has 4 nitrogen and oxygen atoms in total. The van der Waals surface area contributed by atoms with Crippen LogP contribution in [-0.2, 0) is 0 Å². The van der Waals surface area contributed by atoms with Crippen LogP contribution in [-0.4, -0.2) is 25.2 Å². The summed E-state index contributed by atoms with van der Waals surface area (Å²) in [4.78, 5) is 4.53. The molecule has 1 aromatic heterocycles. The van der Waals surface area contributed by atoms with Crippen molar-refractivity contribution in [2.45, 2.75) is 13.8 Å². The second-order valence-electron chi connectivity index (χ2n) is 4.19.